The zero-order valence-electron chi connectivity index (χ0n) is 12.9. The zero-order chi connectivity index (χ0) is 15.2. The third kappa shape index (κ3) is 5.16. The molecule has 0 saturated carbocycles. The zero-order valence-corrected chi connectivity index (χ0v) is 14.5. The van der Waals surface area contributed by atoms with Crippen molar-refractivity contribution in [3.8, 4) is 0 Å². The van der Waals surface area contributed by atoms with Crippen molar-refractivity contribution < 1.29 is 9.84 Å². The van der Waals surface area contributed by atoms with E-state index in [0.717, 1.165) is 35.4 Å². The van der Waals surface area contributed by atoms with Gasteiger partial charge in [-0.25, -0.2) is 0 Å². The van der Waals surface area contributed by atoms with Crippen LogP contribution in [0.1, 0.15) is 31.7 Å². The molecule has 0 saturated heterocycles. The Bertz CT molecular complexity index is 419. The van der Waals surface area contributed by atoms with Crippen molar-refractivity contribution in [3.63, 3.8) is 0 Å². The first-order valence-electron chi connectivity index (χ1n) is 7.03. The molecule has 1 aromatic heterocycles. The molecule has 0 aliphatic heterocycles. The van der Waals surface area contributed by atoms with Crippen LogP contribution in [0.25, 0.3) is 0 Å². The number of aromatic nitrogens is 2. The third-order valence-corrected chi connectivity index (χ3v) is 4.29. The summed E-state index contributed by atoms with van der Waals surface area (Å²) in [5, 5.41) is 18.2. The molecule has 1 aromatic rings. The van der Waals surface area contributed by atoms with E-state index in [9.17, 15) is 5.11 Å². The minimum atomic E-state index is -0.749. The minimum Gasteiger partial charge on any atom is -0.390 e. The molecular weight excluding hydrogens is 322 g/mol. The summed E-state index contributed by atoms with van der Waals surface area (Å²) in [4.78, 5) is 0. The molecule has 0 aromatic carbocycles. The van der Waals surface area contributed by atoms with Crippen LogP contribution >= 0.6 is 15.9 Å². The average molecular weight is 348 g/mol. The highest BCUT2D eigenvalue weighted by Gasteiger charge is 2.25. The van der Waals surface area contributed by atoms with Gasteiger partial charge in [0, 0.05) is 27.1 Å². The highest BCUT2D eigenvalue weighted by atomic mass is 79.9. The summed E-state index contributed by atoms with van der Waals surface area (Å²) < 4.78 is 7.85. The van der Waals surface area contributed by atoms with Crippen molar-refractivity contribution in [1.29, 1.82) is 0 Å². The minimum absolute atomic E-state index is 0.586. The number of nitrogens with one attached hydrogen (secondary N) is 1. The quantitative estimate of drug-likeness (QED) is 0.667. The molecule has 2 N–H and O–H groups in total. The molecule has 0 aliphatic rings. The molecule has 5 nitrogen and oxygen atoms in total. The summed E-state index contributed by atoms with van der Waals surface area (Å²) in [6, 6.07) is 0. The van der Waals surface area contributed by atoms with Crippen LogP contribution in [0.3, 0.4) is 0 Å². The summed E-state index contributed by atoms with van der Waals surface area (Å²) in [5.41, 5.74) is 1.33. The molecule has 0 aliphatic carbocycles. The number of rotatable bonds is 9. The topological polar surface area (TPSA) is 59.3 Å². The Morgan fingerprint density at radius 2 is 2.15 bits per heavy atom. The molecule has 0 amide bonds. The fourth-order valence-electron chi connectivity index (χ4n) is 2.12. The summed E-state index contributed by atoms with van der Waals surface area (Å²) in [5.74, 6) is 0. The van der Waals surface area contributed by atoms with Gasteiger partial charge in [0.05, 0.1) is 28.1 Å². The largest absolute Gasteiger partial charge is 0.390 e. The highest BCUT2D eigenvalue weighted by Crippen LogP contribution is 2.26. The van der Waals surface area contributed by atoms with Crippen molar-refractivity contribution in [2.45, 2.75) is 38.7 Å². The van der Waals surface area contributed by atoms with Crippen molar-refractivity contribution in [3.05, 3.63) is 15.9 Å². The molecule has 1 atom stereocenters. The lowest BCUT2D eigenvalue weighted by Crippen LogP contribution is -2.33. The second-order valence-corrected chi connectivity index (χ2v) is 6.14. The molecule has 0 radical (unpaired) electrons. The van der Waals surface area contributed by atoms with Gasteiger partial charge in [-0.15, -0.1) is 0 Å². The summed E-state index contributed by atoms with van der Waals surface area (Å²) in [6.07, 6.45) is 2.16. The van der Waals surface area contributed by atoms with E-state index in [1.165, 1.54) is 0 Å². The Kier molecular flexibility index (Phi) is 7.15. The number of methoxy groups -OCH3 is 1. The molecule has 1 heterocycles. The maximum absolute atomic E-state index is 10.5. The predicted octanol–water partition coefficient (Wildman–Crippen LogP) is 1.66. The Hall–Kier alpha value is -0.430. The van der Waals surface area contributed by atoms with Crippen LogP contribution in [-0.4, -0.2) is 47.3 Å². The fraction of sp³-hybridized carbons (Fsp3) is 0.786. The molecule has 1 rings (SSSR count). The van der Waals surface area contributed by atoms with Gasteiger partial charge in [0.25, 0.3) is 0 Å². The molecule has 0 bridgehead atoms. The SMILES string of the molecule is CCc1nn(C)c(CC(C)(O)CCNCCOC)c1Br. The van der Waals surface area contributed by atoms with Gasteiger partial charge in [-0.1, -0.05) is 6.92 Å². The monoisotopic (exact) mass is 347 g/mol. The normalized spacial score (nSPS) is 14.5. The first-order chi connectivity index (χ1) is 9.41. The third-order valence-electron chi connectivity index (χ3n) is 3.37. The Labute approximate surface area is 129 Å². The maximum Gasteiger partial charge on any atom is 0.0766 e. The van der Waals surface area contributed by atoms with E-state index in [1.807, 2.05) is 18.7 Å². The number of nitrogens with zero attached hydrogens (tertiary/aromatic N) is 2. The highest BCUT2D eigenvalue weighted by molar-refractivity contribution is 9.10. The summed E-state index contributed by atoms with van der Waals surface area (Å²) in [6.45, 7) is 6.22. The first-order valence-corrected chi connectivity index (χ1v) is 7.83. The van der Waals surface area contributed by atoms with Crippen molar-refractivity contribution in [2.75, 3.05) is 26.8 Å². The number of aliphatic hydroxyl groups is 1. The lowest BCUT2D eigenvalue weighted by Gasteiger charge is -2.23. The van der Waals surface area contributed by atoms with Crippen LogP contribution in [0.4, 0.5) is 0 Å². The Balaban J connectivity index is 2.55. The molecule has 0 fully saturated rings. The maximum atomic E-state index is 10.5. The lowest BCUT2D eigenvalue weighted by atomic mass is 9.96. The van der Waals surface area contributed by atoms with Crippen LogP contribution in [0.15, 0.2) is 4.47 Å². The number of ether oxygens (including phenoxy) is 1. The Morgan fingerprint density at radius 3 is 2.70 bits per heavy atom. The fourth-order valence-corrected chi connectivity index (χ4v) is 2.87. The average Bonchev–Trinajstić information content (AvgIpc) is 2.65. The van der Waals surface area contributed by atoms with Crippen LogP contribution in [0, 0.1) is 0 Å². The van der Waals surface area contributed by atoms with Gasteiger partial charge in [-0.3, -0.25) is 4.68 Å². The molecule has 116 valence electrons. The molecule has 6 heteroatoms. The number of hydrogen-bond acceptors (Lipinski definition) is 4. The number of hydrogen-bond donors (Lipinski definition) is 2. The Morgan fingerprint density at radius 1 is 1.45 bits per heavy atom. The van der Waals surface area contributed by atoms with E-state index < -0.39 is 5.60 Å². The van der Waals surface area contributed by atoms with Gasteiger partial charge in [0.1, 0.15) is 0 Å². The lowest BCUT2D eigenvalue weighted by molar-refractivity contribution is 0.0490. The van der Waals surface area contributed by atoms with E-state index in [0.29, 0.717) is 19.4 Å². The predicted molar refractivity (Wildman–Crippen MR) is 84.0 cm³/mol. The standard InChI is InChI=1S/C14H26BrN3O2/c1-5-11-13(15)12(18(3)17-11)10-14(2,19)6-7-16-8-9-20-4/h16,19H,5-10H2,1-4H3. The van der Waals surface area contributed by atoms with Gasteiger partial charge in [0.15, 0.2) is 0 Å². The molecule has 1 unspecified atom stereocenters. The second-order valence-electron chi connectivity index (χ2n) is 5.35. The van der Waals surface area contributed by atoms with E-state index in [-0.39, 0.29) is 0 Å². The molecule has 0 spiro atoms. The van der Waals surface area contributed by atoms with Crippen molar-refractivity contribution in [2.24, 2.45) is 7.05 Å². The smallest absolute Gasteiger partial charge is 0.0766 e. The van der Waals surface area contributed by atoms with Crippen molar-refractivity contribution >= 4 is 15.9 Å². The van der Waals surface area contributed by atoms with Crippen LogP contribution in [-0.2, 0) is 24.6 Å². The summed E-state index contributed by atoms with van der Waals surface area (Å²) in [7, 11) is 3.61. The van der Waals surface area contributed by atoms with E-state index in [4.69, 9.17) is 4.74 Å². The first kappa shape index (κ1) is 17.6. The van der Waals surface area contributed by atoms with Crippen molar-refractivity contribution in [1.82, 2.24) is 15.1 Å². The summed E-state index contributed by atoms with van der Waals surface area (Å²) >= 11 is 3.59. The number of aryl methyl sites for hydroxylation is 2. The number of halogens is 1. The molecular formula is C14H26BrN3O2. The van der Waals surface area contributed by atoms with E-state index in [2.05, 4.69) is 33.3 Å². The van der Waals surface area contributed by atoms with Crippen LogP contribution < -0.4 is 5.32 Å². The van der Waals surface area contributed by atoms with Crippen LogP contribution in [0.5, 0.6) is 0 Å². The molecule has 20 heavy (non-hydrogen) atoms. The second kappa shape index (κ2) is 8.12. The van der Waals surface area contributed by atoms with Gasteiger partial charge in [-0.05, 0) is 42.2 Å². The van der Waals surface area contributed by atoms with Gasteiger partial charge in [-0.2, -0.15) is 5.10 Å². The van der Waals surface area contributed by atoms with Crippen LogP contribution in [0.2, 0.25) is 0 Å². The van der Waals surface area contributed by atoms with E-state index in [1.54, 1.807) is 7.11 Å². The van der Waals surface area contributed by atoms with E-state index >= 15 is 0 Å². The van der Waals surface area contributed by atoms with Gasteiger partial charge >= 0.3 is 0 Å². The van der Waals surface area contributed by atoms with Gasteiger partial charge < -0.3 is 15.2 Å². The van der Waals surface area contributed by atoms with Gasteiger partial charge in [0.2, 0.25) is 0 Å².